The monoisotopic (exact) mass is 395 g/mol. The van der Waals surface area contributed by atoms with E-state index in [-0.39, 0.29) is 5.91 Å². The largest absolute Gasteiger partial charge is 0.311 e. The minimum atomic E-state index is 0.00330. The molecule has 2 fully saturated rings. The summed E-state index contributed by atoms with van der Waals surface area (Å²) >= 11 is 1.47. The van der Waals surface area contributed by atoms with Crippen LogP contribution in [0.15, 0.2) is 23.4 Å². The first kappa shape index (κ1) is 19.0. The Kier molecular flexibility index (Phi) is 5.40. The van der Waals surface area contributed by atoms with E-state index in [1.807, 2.05) is 26.0 Å². The number of carbonyl (C=O) groups is 1. The van der Waals surface area contributed by atoms with Crippen molar-refractivity contribution >= 4 is 23.4 Å². The van der Waals surface area contributed by atoms with Gasteiger partial charge in [0.25, 0.3) is 0 Å². The Labute approximate surface area is 169 Å². The molecule has 0 bridgehead atoms. The fourth-order valence-electron chi connectivity index (χ4n) is 3.55. The van der Waals surface area contributed by atoms with E-state index in [1.54, 1.807) is 4.90 Å². The van der Waals surface area contributed by atoms with Gasteiger partial charge in [-0.3, -0.25) is 4.79 Å². The van der Waals surface area contributed by atoms with E-state index in [2.05, 4.69) is 26.9 Å². The van der Waals surface area contributed by atoms with Crippen LogP contribution in [0.25, 0.3) is 0 Å². The van der Waals surface area contributed by atoms with Crippen molar-refractivity contribution in [3.8, 4) is 6.07 Å². The van der Waals surface area contributed by atoms with Crippen LogP contribution in [-0.2, 0) is 4.79 Å². The molecule has 0 N–H and O–H groups in total. The third-order valence-corrected chi connectivity index (χ3v) is 6.06. The van der Waals surface area contributed by atoms with Gasteiger partial charge >= 0.3 is 0 Å². The Morgan fingerprint density at radius 2 is 1.93 bits per heavy atom. The minimum Gasteiger partial charge on any atom is -0.311 e. The summed E-state index contributed by atoms with van der Waals surface area (Å²) in [7, 11) is 0. The third-order valence-electron chi connectivity index (χ3n) is 5.14. The van der Waals surface area contributed by atoms with Crippen LogP contribution in [0.1, 0.15) is 61.0 Å². The number of benzene rings is 1. The molecule has 0 aliphatic heterocycles. The number of nitriles is 1. The lowest BCUT2D eigenvalue weighted by molar-refractivity contribution is -0.116. The van der Waals surface area contributed by atoms with Crippen molar-refractivity contribution in [1.29, 1.82) is 5.26 Å². The van der Waals surface area contributed by atoms with E-state index in [9.17, 15) is 4.79 Å². The van der Waals surface area contributed by atoms with Gasteiger partial charge in [-0.1, -0.05) is 17.8 Å². The average Bonchev–Trinajstić information content (AvgIpc) is 3.58. The highest BCUT2D eigenvalue weighted by molar-refractivity contribution is 7.99. The maximum Gasteiger partial charge on any atom is 0.237 e. The molecule has 6 nitrogen and oxygen atoms in total. The second-order valence-corrected chi connectivity index (χ2v) is 8.75. The Hall–Kier alpha value is -2.33. The molecular weight excluding hydrogens is 370 g/mol. The van der Waals surface area contributed by atoms with Crippen LogP contribution < -0.4 is 4.90 Å². The fraction of sp³-hybridized carbons (Fsp3) is 0.524. The summed E-state index contributed by atoms with van der Waals surface area (Å²) < 4.78 is 2.27. The van der Waals surface area contributed by atoms with E-state index in [1.165, 1.54) is 37.4 Å². The van der Waals surface area contributed by atoms with Crippen molar-refractivity contribution in [3.05, 3.63) is 35.2 Å². The number of rotatable bonds is 8. The summed E-state index contributed by atoms with van der Waals surface area (Å²) in [5.41, 5.74) is 3.08. The van der Waals surface area contributed by atoms with Crippen molar-refractivity contribution in [3.63, 3.8) is 0 Å². The SMILES string of the molecule is Cc1cc(C)cc(N(CCC#N)C(=O)CSc2nnc(C3CC3)n2C2CC2)c1. The summed E-state index contributed by atoms with van der Waals surface area (Å²) in [6, 6.07) is 8.76. The topological polar surface area (TPSA) is 74.8 Å². The molecule has 146 valence electrons. The summed E-state index contributed by atoms with van der Waals surface area (Å²) in [5, 5.41) is 18.7. The lowest BCUT2D eigenvalue weighted by Crippen LogP contribution is -2.33. The van der Waals surface area contributed by atoms with Gasteiger partial charge in [0.1, 0.15) is 5.82 Å². The Balaban J connectivity index is 1.50. The van der Waals surface area contributed by atoms with Gasteiger partial charge in [-0.2, -0.15) is 5.26 Å². The van der Waals surface area contributed by atoms with E-state index in [0.717, 1.165) is 27.8 Å². The first-order chi connectivity index (χ1) is 13.6. The molecule has 2 saturated carbocycles. The molecule has 2 aliphatic carbocycles. The van der Waals surface area contributed by atoms with Gasteiger partial charge in [0.05, 0.1) is 18.2 Å². The average molecular weight is 396 g/mol. The number of anilines is 1. The zero-order valence-corrected chi connectivity index (χ0v) is 17.2. The quantitative estimate of drug-likeness (QED) is 0.628. The third kappa shape index (κ3) is 4.22. The van der Waals surface area contributed by atoms with Gasteiger partial charge in [-0.15, -0.1) is 10.2 Å². The van der Waals surface area contributed by atoms with Crippen LogP contribution in [-0.4, -0.2) is 33.0 Å². The van der Waals surface area contributed by atoms with Crippen molar-refractivity contribution < 1.29 is 4.79 Å². The highest BCUT2D eigenvalue weighted by Crippen LogP contribution is 2.46. The lowest BCUT2D eigenvalue weighted by atomic mass is 10.1. The minimum absolute atomic E-state index is 0.00330. The molecular formula is C21H25N5OS. The van der Waals surface area contributed by atoms with Crippen molar-refractivity contribution in [1.82, 2.24) is 14.8 Å². The van der Waals surface area contributed by atoms with E-state index in [4.69, 9.17) is 5.26 Å². The molecule has 4 rings (SSSR count). The van der Waals surface area contributed by atoms with Crippen LogP contribution in [0, 0.1) is 25.2 Å². The molecule has 1 amide bonds. The molecule has 0 spiro atoms. The number of carbonyl (C=O) groups excluding carboxylic acids is 1. The highest BCUT2D eigenvalue weighted by atomic mass is 32.2. The molecule has 2 aliphatic rings. The fourth-order valence-corrected chi connectivity index (χ4v) is 4.44. The number of thioether (sulfide) groups is 1. The normalized spacial score (nSPS) is 16.0. The van der Waals surface area contributed by atoms with Gasteiger partial charge in [0.2, 0.25) is 5.91 Å². The molecule has 0 radical (unpaired) electrons. The van der Waals surface area contributed by atoms with Crippen molar-refractivity contribution in [2.45, 2.75) is 63.1 Å². The Morgan fingerprint density at radius 3 is 2.54 bits per heavy atom. The first-order valence-corrected chi connectivity index (χ1v) is 10.9. The predicted molar refractivity (Wildman–Crippen MR) is 109 cm³/mol. The lowest BCUT2D eigenvalue weighted by Gasteiger charge is -2.22. The van der Waals surface area contributed by atoms with Crippen LogP contribution in [0.5, 0.6) is 0 Å². The molecule has 7 heteroatoms. The molecule has 28 heavy (non-hydrogen) atoms. The molecule has 0 unspecified atom stereocenters. The maximum atomic E-state index is 13.0. The van der Waals surface area contributed by atoms with Crippen LogP contribution >= 0.6 is 11.8 Å². The van der Waals surface area contributed by atoms with Gasteiger partial charge in [-0.05, 0) is 62.8 Å². The molecule has 2 aromatic rings. The van der Waals surface area contributed by atoms with E-state index < -0.39 is 0 Å². The summed E-state index contributed by atoms with van der Waals surface area (Å²) in [5.74, 6) is 1.96. The number of aryl methyl sites for hydroxylation is 2. The number of aromatic nitrogens is 3. The molecule has 1 aromatic heterocycles. The number of hydrogen-bond acceptors (Lipinski definition) is 5. The number of nitrogens with zero attached hydrogens (tertiary/aromatic N) is 5. The molecule has 0 saturated heterocycles. The van der Waals surface area contributed by atoms with Crippen molar-refractivity contribution in [2.24, 2.45) is 0 Å². The summed E-state index contributed by atoms with van der Waals surface area (Å²) in [6.07, 6.45) is 5.06. The first-order valence-electron chi connectivity index (χ1n) is 9.90. The Morgan fingerprint density at radius 1 is 1.21 bits per heavy atom. The van der Waals surface area contributed by atoms with Crippen LogP contribution in [0.3, 0.4) is 0 Å². The summed E-state index contributed by atoms with van der Waals surface area (Å²) in [6.45, 7) is 4.45. The van der Waals surface area contributed by atoms with Gasteiger partial charge < -0.3 is 9.47 Å². The number of amides is 1. The van der Waals surface area contributed by atoms with E-state index in [0.29, 0.717) is 30.7 Å². The van der Waals surface area contributed by atoms with Crippen LogP contribution in [0.4, 0.5) is 5.69 Å². The summed E-state index contributed by atoms with van der Waals surface area (Å²) in [4.78, 5) is 14.8. The standard InChI is InChI=1S/C21H25N5OS/c1-14-10-15(2)12-18(11-14)25(9-3-8-22)19(27)13-28-21-24-23-20(16-4-5-16)26(21)17-6-7-17/h10-12,16-17H,3-7,9,13H2,1-2H3. The second-order valence-electron chi connectivity index (χ2n) is 7.80. The van der Waals surface area contributed by atoms with Gasteiger partial charge in [0.15, 0.2) is 5.16 Å². The molecule has 1 aromatic carbocycles. The van der Waals surface area contributed by atoms with Crippen molar-refractivity contribution in [2.75, 3.05) is 17.2 Å². The predicted octanol–water partition coefficient (Wildman–Crippen LogP) is 4.15. The Bertz CT molecular complexity index is 903. The maximum absolute atomic E-state index is 13.0. The second kappa shape index (κ2) is 7.96. The van der Waals surface area contributed by atoms with Gasteiger partial charge in [-0.25, -0.2) is 0 Å². The molecule has 1 heterocycles. The highest BCUT2D eigenvalue weighted by Gasteiger charge is 2.36. The number of hydrogen-bond donors (Lipinski definition) is 0. The zero-order valence-electron chi connectivity index (χ0n) is 16.4. The van der Waals surface area contributed by atoms with Gasteiger partial charge in [0, 0.05) is 24.2 Å². The molecule has 0 atom stereocenters. The zero-order chi connectivity index (χ0) is 19.7. The van der Waals surface area contributed by atoms with Crippen LogP contribution in [0.2, 0.25) is 0 Å². The van der Waals surface area contributed by atoms with E-state index >= 15 is 0 Å². The smallest absolute Gasteiger partial charge is 0.237 e.